The molecule has 0 radical (unpaired) electrons. The van der Waals surface area contributed by atoms with Crippen molar-refractivity contribution in [3.63, 3.8) is 0 Å². The van der Waals surface area contributed by atoms with Crippen molar-refractivity contribution in [1.29, 1.82) is 0 Å². The fraction of sp³-hybridized carbons (Fsp3) is 0.429. The van der Waals surface area contributed by atoms with E-state index in [1.54, 1.807) is 23.9 Å². The van der Waals surface area contributed by atoms with E-state index in [-0.39, 0.29) is 23.1 Å². The molecule has 0 fully saturated rings. The van der Waals surface area contributed by atoms with Crippen LogP contribution in [0.3, 0.4) is 0 Å². The molecule has 3 N–H and O–H groups in total. The quantitative estimate of drug-likeness (QED) is 0.359. The zero-order valence-corrected chi connectivity index (χ0v) is 17.4. The van der Waals surface area contributed by atoms with Crippen LogP contribution in [0.1, 0.15) is 48.7 Å². The Kier molecular flexibility index (Phi) is 6.12. The van der Waals surface area contributed by atoms with E-state index in [2.05, 4.69) is 5.32 Å². The number of amides is 1. The summed E-state index contributed by atoms with van der Waals surface area (Å²) in [5.74, 6) is -0.00857. The number of fused-ring (bicyclic) bond motifs is 2. The number of pyridine rings is 2. The average molecular weight is 398 g/mol. The maximum absolute atomic E-state index is 13.2. The van der Waals surface area contributed by atoms with Crippen LogP contribution in [0.25, 0.3) is 16.7 Å². The monoisotopic (exact) mass is 398 g/mol. The number of anilines is 1. The topological polar surface area (TPSA) is 103 Å². The maximum Gasteiger partial charge on any atom is 0.278 e. The van der Waals surface area contributed by atoms with Crippen molar-refractivity contribution in [2.24, 2.45) is 0 Å². The standard InChI is InChI=1S/C21H27N5O3/c1-5-14(3)26-18(22)15(20(27)23-9-6-10-29-4)11-16-19(26)24-17-8-7-13(2)12-25(17)21(16)28/h7-8,11-12,14,22H,5-6,9-10H2,1-4H3,(H,23,27)/p+1/t14-/m1/s1. The minimum absolute atomic E-state index is 0.0291. The molecule has 0 aromatic carbocycles. The number of rotatable bonds is 7. The smallest absolute Gasteiger partial charge is 0.278 e. The van der Waals surface area contributed by atoms with Crippen molar-refractivity contribution < 1.29 is 14.1 Å². The first kappa shape index (κ1) is 20.7. The van der Waals surface area contributed by atoms with Crippen molar-refractivity contribution in [3.05, 3.63) is 45.9 Å². The van der Waals surface area contributed by atoms with Crippen LogP contribution in [0.5, 0.6) is 0 Å². The van der Waals surface area contributed by atoms with Gasteiger partial charge in [0.2, 0.25) is 11.5 Å². The number of carbonyl (C=O) groups is 1. The molecule has 3 aromatic heterocycles. The summed E-state index contributed by atoms with van der Waals surface area (Å²) in [6.07, 6.45) is 3.21. The number of nitrogens with one attached hydrogen (secondary N) is 1. The molecule has 1 atom stereocenters. The Balaban J connectivity index is 2.24. The molecule has 0 unspecified atom stereocenters. The molecule has 3 heterocycles. The number of hydrogen-bond donors (Lipinski definition) is 2. The molecule has 0 bridgehead atoms. The van der Waals surface area contributed by atoms with Gasteiger partial charge >= 0.3 is 0 Å². The van der Waals surface area contributed by atoms with Crippen LogP contribution in [0, 0.1) is 6.92 Å². The van der Waals surface area contributed by atoms with Crippen molar-refractivity contribution in [3.8, 4) is 0 Å². The largest absolute Gasteiger partial charge is 0.385 e. The molecule has 8 nitrogen and oxygen atoms in total. The molecular formula is C21H28N5O3+. The lowest BCUT2D eigenvalue weighted by atomic mass is 10.1. The highest BCUT2D eigenvalue weighted by molar-refractivity contribution is 6.00. The molecule has 0 saturated heterocycles. The summed E-state index contributed by atoms with van der Waals surface area (Å²) in [4.78, 5) is 30.7. The van der Waals surface area contributed by atoms with Gasteiger partial charge in [-0.3, -0.25) is 14.0 Å². The Bertz CT molecular complexity index is 1120. The first-order valence-electron chi connectivity index (χ1n) is 9.82. The summed E-state index contributed by atoms with van der Waals surface area (Å²) in [6, 6.07) is 5.24. The second-order valence-corrected chi connectivity index (χ2v) is 7.26. The van der Waals surface area contributed by atoms with Gasteiger partial charge in [0.05, 0.1) is 6.04 Å². The van der Waals surface area contributed by atoms with Crippen LogP contribution in [0.4, 0.5) is 5.82 Å². The fourth-order valence-electron chi connectivity index (χ4n) is 3.34. The first-order valence-corrected chi connectivity index (χ1v) is 9.82. The fourth-order valence-corrected chi connectivity index (χ4v) is 3.34. The van der Waals surface area contributed by atoms with Crippen molar-refractivity contribution in [2.45, 2.75) is 39.7 Å². The van der Waals surface area contributed by atoms with Crippen molar-refractivity contribution >= 4 is 28.4 Å². The van der Waals surface area contributed by atoms with Crippen LogP contribution in [0.15, 0.2) is 29.2 Å². The van der Waals surface area contributed by atoms with E-state index in [0.29, 0.717) is 42.1 Å². The number of carbonyl (C=O) groups excluding carboxylic acids is 1. The Morgan fingerprint density at radius 1 is 1.41 bits per heavy atom. The predicted octanol–water partition coefficient (Wildman–Crippen LogP) is 1.76. The third-order valence-electron chi connectivity index (χ3n) is 5.12. The number of hydrogen-bond acceptors (Lipinski definition) is 5. The lowest BCUT2D eigenvalue weighted by Gasteiger charge is -2.16. The van der Waals surface area contributed by atoms with E-state index < -0.39 is 0 Å². The van der Waals surface area contributed by atoms with E-state index in [9.17, 15) is 9.59 Å². The van der Waals surface area contributed by atoms with Gasteiger partial charge in [-0.15, -0.1) is 0 Å². The molecular weight excluding hydrogens is 370 g/mol. The number of nitrogens with two attached hydrogens (primary N) is 1. The van der Waals surface area contributed by atoms with E-state index >= 15 is 0 Å². The number of nitrogens with zero attached hydrogens (tertiary/aromatic N) is 3. The predicted molar refractivity (Wildman–Crippen MR) is 112 cm³/mol. The minimum atomic E-state index is -0.314. The highest BCUT2D eigenvalue weighted by Crippen LogP contribution is 2.18. The van der Waals surface area contributed by atoms with Crippen LogP contribution in [0.2, 0.25) is 0 Å². The van der Waals surface area contributed by atoms with Crippen molar-refractivity contribution in [1.82, 2.24) is 14.7 Å². The Morgan fingerprint density at radius 2 is 2.17 bits per heavy atom. The number of aryl methyl sites for hydroxylation is 1. The molecule has 0 aliphatic rings. The summed E-state index contributed by atoms with van der Waals surface area (Å²) in [5, 5.41) is 3.21. The van der Waals surface area contributed by atoms with E-state index in [0.717, 1.165) is 12.0 Å². The van der Waals surface area contributed by atoms with Crippen LogP contribution in [-0.4, -0.2) is 35.6 Å². The molecule has 29 heavy (non-hydrogen) atoms. The van der Waals surface area contributed by atoms with Gasteiger partial charge in [0.1, 0.15) is 10.9 Å². The van der Waals surface area contributed by atoms with Gasteiger partial charge in [-0.25, -0.2) is 4.57 Å². The van der Waals surface area contributed by atoms with E-state index in [1.807, 2.05) is 32.9 Å². The summed E-state index contributed by atoms with van der Waals surface area (Å²) in [7, 11) is 1.62. The van der Waals surface area contributed by atoms with E-state index in [4.69, 9.17) is 15.5 Å². The first-order chi connectivity index (χ1) is 13.9. The summed E-state index contributed by atoms with van der Waals surface area (Å²) < 4.78 is 8.31. The normalized spacial score (nSPS) is 12.4. The molecule has 154 valence electrons. The van der Waals surface area contributed by atoms with Gasteiger partial charge in [0.15, 0.2) is 0 Å². The maximum atomic E-state index is 13.2. The van der Waals surface area contributed by atoms with E-state index in [1.165, 1.54) is 4.40 Å². The molecule has 8 heteroatoms. The molecule has 3 rings (SSSR count). The number of nitrogen functional groups attached to an aromatic ring is 1. The highest BCUT2D eigenvalue weighted by atomic mass is 16.5. The van der Waals surface area contributed by atoms with Gasteiger partial charge in [-0.2, -0.15) is 0 Å². The molecule has 0 aliphatic carbocycles. The molecule has 1 amide bonds. The number of ether oxygens (including phenoxy) is 1. The zero-order valence-electron chi connectivity index (χ0n) is 17.4. The van der Waals surface area contributed by atoms with Crippen LogP contribution in [-0.2, 0) is 4.74 Å². The lowest BCUT2D eigenvalue weighted by Crippen LogP contribution is -2.45. The minimum Gasteiger partial charge on any atom is -0.385 e. The molecule has 0 aliphatic heterocycles. The lowest BCUT2D eigenvalue weighted by molar-refractivity contribution is -0.683. The molecule has 0 spiro atoms. The van der Waals surface area contributed by atoms with Crippen LogP contribution >= 0.6 is 0 Å². The third kappa shape index (κ3) is 3.93. The van der Waals surface area contributed by atoms with Gasteiger partial charge in [0.25, 0.3) is 17.1 Å². The Morgan fingerprint density at radius 3 is 2.86 bits per heavy atom. The zero-order chi connectivity index (χ0) is 21.1. The molecule has 3 aromatic rings. The summed E-state index contributed by atoms with van der Waals surface area (Å²) in [6.45, 7) is 6.95. The highest BCUT2D eigenvalue weighted by Gasteiger charge is 2.26. The summed E-state index contributed by atoms with van der Waals surface area (Å²) in [5.41, 5.74) is 8.44. The third-order valence-corrected chi connectivity index (χ3v) is 5.12. The van der Waals surface area contributed by atoms with Gasteiger partial charge in [-0.05, 0) is 44.4 Å². The van der Waals surface area contributed by atoms with Gasteiger partial charge in [0, 0.05) is 26.5 Å². The van der Waals surface area contributed by atoms with Crippen molar-refractivity contribution in [2.75, 3.05) is 26.0 Å². The Labute approximate surface area is 169 Å². The number of aromatic nitrogens is 3. The number of methoxy groups -OCH3 is 1. The SMILES string of the molecule is CC[C@@H](C)[n+]1c(N)c(C(=O)NCCCOC)cc2c(=O)n3cc(C)ccc3nc21. The van der Waals surface area contributed by atoms with Gasteiger partial charge < -0.3 is 15.8 Å². The second-order valence-electron chi connectivity index (χ2n) is 7.26. The Hall–Kier alpha value is -3.00. The van der Waals surface area contributed by atoms with Gasteiger partial charge in [-0.1, -0.05) is 18.0 Å². The second kappa shape index (κ2) is 8.57. The average Bonchev–Trinajstić information content (AvgIpc) is 2.71. The van der Waals surface area contributed by atoms with Crippen LogP contribution < -0.4 is 21.2 Å². The molecule has 0 saturated carbocycles. The summed E-state index contributed by atoms with van der Waals surface area (Å²) >= 11 is 0.